The van der Waals surface area contributed by atoms with Crippen molar-refractivity contribution in [3.05, 3.63) is 35.6 Å². The first kappa shape index (κ1) is 17.5. The normalized spacial score (nSPS) is 11.8. The van der Waals surface area contributed by atoms with Crippen LogP contribution < -0.4 is 5.32 Å². The van der Waals surface area contributed by atoms with E-state index in [2.05, 4.69) is 4.74 Å². The van der Waals surface area contributed by atoms with Crippen LogP contribution in [0, 0.1) is 0 Å². The van der Waals surface area contributed by atoms with Crippen LogP contribution in [0.4, 0.5) is 4.79 Å². The summed E-state index contributed by atoms with van der Waals surface area (Å²) in [5, 5.41) is 2.64. The zero-order chi connectivity index (χ0) is 17.7. The number of methoxy groups -OCH3 is 2. The average molecular weight is 335 g/mol. The average Bonchev–Trinajstić information content (AvgIpc) is 2.94. The quantitative estimate of drug-likeness (QED) is 0.833. The van der Waals surface area contributed by atoms with Gasteiger partial charge in [0, 0.05) is 18.1 Å². The number of furan rings is 1. The Labute approximate surface area is 137 Å². The summed E-state index contributed by atoms with van der Waals surface area (Å²) in [7, 11) is 2.61. The molecule has 2 rings (SSSR count). The van der Waals surface area contributed by atoms with Crippen LogP contribution >= 0.6 is 0 Å². The molecule has 2 aromatic rings. The molecular formula is C16H17NO7. The van der Waals surface area contributed by atoms with Gasteiger partial charge in [0.15, 0.2) is 6.10 Å². The Morgan fingerprint density at radius 1 is 1.21 bits per heavy atom. The van der Waals surface area contributed by atoms with Crippen LogP contribution in [0.15, 0.2) is 28.7 Å². The lowest BCUT2D eigenvalue weighted by atomic mass is 10.1. The first-order valence-corrected chi connectivity index (χ1v) is 7.07. The van der Waals surface area contributed by atoms with Crippen molar-refractivity contribution in [2.75, 3.05) is 14.2 Å². The summed E-state index contributed by atoms with van der Waals surface area (Å²) >= 11 is 0. The van der Waals surface area contributed by atoms with Gasteiger partial charge in [0.1, 0.15) is 5.58 Å². The Bertz CT molecular complexity index is 765. The fourth-order valence-electron chi connectivity index (χ4n) is 2.07. The molecule has 0 fully saturated rings. The number of benzene rings is 1. The van der Waals surface area contributed by atoms with Gasteiger partial charge in [-0.25, -0.2) is 9.59 Å². The van der Waals surface area contributed by atoms with Crippen molar-refractivity contribution in [1.29, 1.82) is 0 Å². The molecule has 24 heavy (non-hydrogen) atoms. The van der Waals surface area contributed by atoms with Gasteiger partial charge in [-0.15, -0.1) is 0 Å². The highest BCUT2D eigenvalue weighted by Gasteiger charge is 2.26. The predicted molar refractivity (Wildman–Crippen MR) is 82.4 cm³/mol. The van der Waals surface area contributed by atoms with Gasteiger partial charge in [-0.1, -0.05) is 18.2 Å². The van der Waals surface area contributed by atoms with Gasteiger partial charge in [0.05, 0.1) is 13.7 Å². The number of esters is 1. The maximum atomic E-state index is 12.3. The molecule has 0 aliphatic rings. The standard InChI is InChI=1S/C16H17NO7/c1-9(14(18)17-16(20)22-3)23-15(19)13-11(8-21-2)10-6-4-5-7-12(10)24-13/h4-7,9H,8H2,1-3H3,(H,17,18,20)/t9-/m1/s1. The molecule has 0 saturated heterocycles. The molecule has 0 spiro atoms. The minimum Gasteiger partial charge on any atom is -0.453 e. The van der Waals surface area contributed by atoms with Gasteiger partial charge >= 0.3 is 12.1 Å². The minimum atomic E-state index is -1.21. The van der Waals surface area contributed by atoms with Crippen molar-refractivity contribution >= 4 is 28.9 Å². The number of imide groups is 1. The summed E-state index contributed by atoms with van der Waals surface area (Å²) in [6, 6.07) is 7.07. The van der Waals surface area contributed by atoms with Crippen LogP contribution in [0.25, 0.3) is 11.0 Å². The first-order valence-electron chi connectivity index (χ1n) is 7.07. The molecule has 128 valence electrons. The monoisotopic (exact) mass is 335 g/mol. The number of nitrogens with one attached hydrogen (secondary N) is 1. The molecular weight excluding hydrogens is 318 g/mol. The number of rotatable bonds is 5. The lowest BCUT2D eigenvalue weighted by Crippen LogP contribution is -2.39. The van der Waals surface area contributed by atoms with Crippen LogP contribution in [0.2, 0.25) is 0 Å². The van der Waals surface area contributed by atoms with E-state index in [1.54, 1.807) is 24.3 Å². The Morgan fingerprint density at radius 3 is 2.58 bits per heavy atom. The summed E-state index contributed by atoms with van der Waals surface area (Å²) in [4.78, 5) is 35.0. The first-order chi connectivity index (χ1) is 11.5. The van der Waals surface area contributed by atoms with Gasteiger partial charge in [-0.2, -0.15) is 0 Å². The van der Waals surface area contributed by atoms with Crippen LogP contribution in [-0.2, 0) is 25.6 Å². The third-order valence-electron chi connectivity index (χ3n) is 3.24. The summed E-state index contributed by atoms with van der Waals surface area (Å²) < 4.78 is 20.0. The maximum Gasteiger partial charge on any atom is 0.413 e. The Morgan fingerprint density at radius 2 is 1.92 bits per heavy atom. The second-order valence-corrected chi connectivity index (χ2v) is 4.87. The van der Waals surface area contributed by atoms with Crippen molar-refractivity contribution in [2.24, 2.45) is 0 Å². The van der Waals surface area contributed by atoms with Crippen LogP contribution in [0.5, 0.6) is 0 Å². The van der Waals surface area contributed by atoms with E-state index in [0.717, 1.165) is 12.5 Å². The molecule has 1 N–H and O–H groups in total. The molecule has 0 bridgehead atoms. The topological polar surface area (TPSA) is 104 Å². The van der Waals surface area contributed by atoms with Crippen molar-refractivity contribution in [3.63, 3.8) is 0 Å². The molecule has 8 nitrogen and oxygen atoms in total. The Hall–Kier alpha value is -2.87. The highest BCUT2D eigenvalue weighted by Crippen LogP contribution is 2.27. The van der Waals surface area contributed by atoms with E-state index in [-0.39, 0.29) is 12.4 Å². The van der Waals surface area contributed by atoms with Gasteiger partial charge < -0.3 is 18.6 Å². The molecule has 1 aromatic carbocycles. The minimum absolute atomic E-state index is 0.0456. The second kappa shape index (κ2) is 7.60. The molecule has 0 radical (unpaired) electrons. The SMILES string of the molecule is COCc1c(C(=O)O[C@H](C)C(=O)NC(=O)OC)oc2ccccc12. The molecule has 0 saturated carbocycles. The van der Waals surface area contributed by atoms with Crippen LogP contribution in [-0.4, -0.2) is 38.3 Å². The van der Waals surface area contributed by atoms with Gasteiger partial charge in [-0.05, 0) is 13.0 Å². The van der Waals surface area contributed by atoms with E-state index in [1.165, 1.54) is 14.0 Å². The smallest absolute Gasteiger partial charge is 0.413 e. The molecule has 2 amide bonds. The van der Waals surface area contributed by atoms with E-state index in [1.807, 2.05) is 5.32 Å². The number of carbonyl (C=O) groups is 3. The summed E-state index contributed by atoms with van der Waals surface area (Å²) in [5.74, 6) is -1.68. The zero-order valence-corrected chi connectivity index (χ0v) is 13.5. The Balaban J connectivity index is 2.20. The largest absolute Gasteiger partial charge is 0.453 e. The molecule has 0 aliphatic carbocycles. The maximum absolute atomic E-state index is 12.3. The van der Waals surface area contributed by atoms with Crippen molar-refractivity contribution in [3.8, 4) is 0 Å². The molecule has 8 heteroatoms. The summed E-state index contributed by atoms with van der Waals surface area (Å²) in [6.07, 6.45) is -2.15. The number of carbonyl (C=O) groups excluding carboxylic acids is 3. The van der Waals surface area contributed by atoms with E-state index in [9.17, 15) is 14.4 Å². The van der Waals surface area contributed by atoms with Gasteiger partial charge in [0.2, 0.25) is 5.76 Å². The van der Waals surface area contributed by atoms with E-state index >= 15 is 0 Å². The van der Waals surface area contributed by atoms with Gasteiger partial charge in [0.25, 0.3) is 5.91 Å². The van der Waals surface area contributed by atoms with E-state index in [0.29, 0.717) is 11.1 Å². The number of para-hydroxylation sites is 1. The van der Waals surface area contributed by atoms with Crippen molar-refractivity contribution < 1.29 is 33.0 Å². The van der Waals surface area contributed by atoms with Crippen LogP contribution in [0.3, 0.4) is 0 Å². The zero-order valence-electron chi connectivity index (χ0n) is 13.5. The molecule has 1 heterocycles. The molecule has 0 aliphatic heterocycles. The highest BCUT2D eigenvalue weighted by molar-refractivity contribution is 5.99. The summed E-state index contributed by atoms with van der Waals surface area (Å²) in [5.41, 5.74) is 1.03. The lowest BCUT2D eigenvalue weighted by Gasteiger charge is -2.11. The highest BCUT2D eigenvalue weighted by atomic mass is 16.6. The summed E-state index contributed by atoms with van der Waals surface area (Å²) in [6.45, 7) is 1.47. The lowest BCUT2D eigenvalue weighted by molar-refractivity contribution is -0.128. The number of hydrogen-bond donors (Lipinski definition) is 1. The third-order valence-corrected chi connectivity index (χ3v) is 3.24. The fraction of sp³-hybridized carbons (Fsp3) is 0.312. The molecule has 1 aromatic heterocycles. The number of hydrogen-bond acceptors (Lipinski definition) is 7. The number of amides is 2. The predicted octanol–water partition coefficient (Wildman–Crippen LogP) is 2.01. The van der Waals surface area contributed by atoms with E-state index < -0.39 is 24.1 Å². The number of alkyl carbamates (subject to hydrolysis) is 1. The third kappa shape index (κ3) is 3.72. The fourth-order valence-corrected chi connectivity index (χ4v) is 2.07. The van der Waals surface area contributed by atoms with Crippen LogP contribution in [0.1, 0.15) is 23.0 Å². The molecule has 0 unspecified atom stereocenters. The van der Waals surface area contributed by atoms with Crippen molar-refractivity contribution in [1.82, 2.24) is 5.32 Å². The number of fused-ring (bicyclic) bond motifs is 1. The Kier molecular flexibility index (Phi) is 5.54. The number of ether oxygens (including phenoxy) is 3. The van der Waals surface area contributed by atoms with Gasteiger partial charge in [-0.3, -0.25) is 10.1 Å². The second-order valence-electron chi connectivity index (χ2n) is 4.87. The van der Waals surface area contributed by atoms with E-state index in [4.69, 9.17) is 13.9 Å². The van der Waals surface area contributed by atoms with Crippen molar-refractivity contribution in [2.45, 2.75) is 19.6 Å². The molecule has 1 atom stereocenters.